The summed E-state index contributed by atoms with van der Waals surface area (Å²) in [6.07, 6.45) is 0. The topological polar surface area (TPSA) is 59.7 Å². The maximum atomic E-state index is 5.26. The van der Waals surface area contributed by atoms with Crippen LogP contribution in [0.3, 0.4) is 0 Å². The van der Waals surface area contributed by atoms with Crippen LogP contribution in [0.4, 0.5) is 17.1 Å². The summed E-state index contributed by atoms with van der Waals surface area (Å²) in [5.74, 6) is 2.77. The van der Waals surface area contributed by atoms with Gasteiger partial charge in [-0.25, -0.2) is 19.9 Å². The van der Waals surface area contributed by atoms with E-state index in [1.54, 1.807) is 0 Å². The molecule has 1 aliphatic heterocycles. The van der Waals surface area contributed by atoms with E-state index in [1.165, 1.54) is 27.8 Å². The van der Waals surface area contributed by atoms with Crippen LogP contribution < -0.4 is 4.90 Å². The zero-order valence-corrected chi connectivity index (χ0v) is 38.4. The van der Waals surface area contributed by atoms with Crippen LogP contribution in [0.1, 0.15) is 22.3 Å². The molecule has 6 heteroatoms. The number of anilines is 3. The van der Waals surface area contributed by atoms with Gasteiger partial charge >= 0.3 is 0 Å². The quantitative estimate of drug-likeness (QED) is 0.159. The molecular weight excluding hydrogens is 865 g/mol. The fraction of sp³-hybridized carbons (Fsp3) is 0.0154. The summed E-state index contributed by atoms with van der Waals surface area (Å²) in [6, 6.07) is 90.7. The van der Waals surface area contributed by atoms with Gasteiger partial charge in [-0.1, -0.05) is 188 Å². The first-order valence-electron chi connectivity index (χ1n) is 24.1. The number of hydrogen-bond donors (Lipinski definition) is 0. The highest BCUT2D eigenvalue weighted by Gasteiger charge is 2.52. The first-order chi connectivity index (χ1) is 35.2. The number of benzene rings is 10. The van der Waals surface area contributed by atoms with Gasteiger partial charge in [-0.15, -0.1) is 0 Å². The van der Waals surface area contributed by atoms with Crippen molar-refractivity contribution < 1.29 is 0 Å². The van der Waals surface area contributed by atoms with Crippen molar-refractivity contribution in [3.8, 4) is 73.5 Å². The van der Waals surface area contributed by atoms with E-state index >= 15 is 0 Å². The van der Waals surface area contributed by atoms with Gasteiger partial charge in [0.1, 0.15) is 5.82 Å². The summed E-state index contributed by atoms with van der Waals surface area (Å²) in [5, 5.41) is 0. The van der Waals surface area contributed by atoms with Crippen molar-refractivity contribution in [3.63, 3.8) is 0 Å². The Kier molecular flexibility index (Phi) is 9.32. The van der Waals surface area contributed by atoms with Gasteiger partial charge < -0.3 is 4.90 Å². The molecule has 3 heterocycles. The third-order valence-corrected chi connectivity index (χ3v) is 14.2. The van der Waals surface area contributed by atoms with Gasteiger partial charge in [0.25, 0.3) is 0 Å². The number of imidazole rings is 1. The third kappa shape index (κ3) is 6.42. The second-order valence-corrected chi connectivity index (χ2v) is 18.2. The van der Waals surface area contributed by atoms with Gasteiger partial charge in [-0.2, -0.15) is 0 Å². The number of para-hydroxylation sites is 3. The minimum Gasteiger partial charge on any atom is -0.310 e. The monoisotopic (exact) mass is 906 g/mol. The summed E-state index contributed by atoms with van der Waals surface area (Å²) >= 11 is 0. The molecule has 2 aromatic heterocycles. The van der Waals surface area contributed by atoms with E-state index in [1.807, 2.05) is 36.4 Å². The Morgan fingerprint density at radius 2 is 0.746 bits per heavy atom. The largest absolute Gasteiger partial charge is 0.310 e. The van der Waals surface area contributed by atoms with Crippen LogP contribution in [0, 0.1) is 0 Å². The average Bonchev–Trinajstić information content (AvgIpc) is 3.99. The van der Waals surface area contributed by atoms with Crippen LogP contribution in [-0.2, 0) is 5.41 Å². The fourth-order valence-electron chi connectivity index (χ4n) is 11.2. The lowest BCUT2D eigenvalue weighted by atomic mass is 9.64. The van der Waals surface area contributed by atoms with Crippen LogP contribution in [-0.4, -0.2) is 24.5 Å². The summed E-state index contributed by atoms with van der Waals surface area (Å²) in [7, 11) is 0. The molecule has 12 aromatic rings. The van der Waals surface area contributed by atoms with Crippen molar-refractivity contribution in [1.82, 2.24) is 24.5 Å². The fourth-order valence-corrected chi connectivity index (χ4v) is 11.2. The molecule has 332 valence electrons. The summed E-state index contributed by atoms with van der Waals surface area (Å²) in [5.41, 5.74) is 18.9. The zero-order chi connectivity index (χ0) is 46.9. The Bertz CT molecular complexity index is 3890. The molecule has 0 radical (unpaired) electrons. The van der Waals surface area contributed by atoms with Gasteiger partial charge in [-0.3, -0.25) is 4.57 Å². The molecule has 14 rings (SSSR count). The lowest BCUT2D eigenvalue weighted by Gasteiger charge is -2.45. The van der Waals surface area contributed by atoms with E-state index in [0.29, 0.717) is 17.5 Å². The molecule has 0 saturated heterocycles. The molecule has 1 aliphatic carbocycles. The summed E-state index contributed by atoms with van der Waals surface area (Å²) in [4.78, 5) is 23.2. The second kappa shape index (κ2) is 16.3. The summed E-state index contributed by atoms with van der Waals surface area (Å²) < 4.78 is 2.29. The van der Waals surface area contributed by atoms with E-state index in [4.69, 9.17) is 19.9 Å². The molecule has 6 nitrogen and oxygen atoms in total. The molecule has 0 bridgehead atoms. The zero-order valence-electron chi connectivity index (χ0n) is 38.4. The Balaban J connectivity index is 1.03. The number of aromatic nitrogens is 5. The van der Waals surface area contributed by atoms with Crippen molar-refractivity contribution in [1.29, 1.82) is 0 Å². The van der Waals surface area contributed by atoms with Gasteiger partial charge in [0.05, 0.1) is 27.8 Å². The van der Waals surface area contributed by atoms with Gasteiger partial charge in [0.15, 0.2) is 17.5 Å². The molecule has 0 amide bonds. The lowest BCUT2D eigenvalue weighted by Crippen LogP contribution is -2.36. The molecule has 0 saturated carbocycles. The molecule has 0 atom stereocenters. The van der Waals surface area contributed by atoms with Crippen molar-refractivity contribution in [2.45, 2.75) is 5.41 Å². The Morgan fingerprint density at radius 1 is 0.296 bits per heavy atom. The van der Waals surface area contributed by atoms with E-state index in [2.05, 4.69) is 228 Å². The SMILES string of the molecule is c1ccc(-c2nc(-c3ccccc3)nc(-c3ccc4c(c3)C3(c5ccccc5-c5ccccc53)c3cc(-c5cccc(-n6c(-c7ccccc7)nc7ccccc76)c5)ccc3N4c3ccccc3)n2)cc1. The number of nitrogens with zero attached hydrogens (tertiary/aromatic N) is 6. The number of fused-ring (bicyclic) bond motifs is 10. The van der Waals surface area contributed by atoms with E-state index in [9.17, 15) is 0 Å². The highest BCUT2D eigenvalue weighted by Crippen LogP contribution is 2.64. The minimum absolute atomic E-state index is 0.611. The van der Waals surface area contributed by atoms with Crippen LogP contribution >= 0.6 is 0 Å². The average molecular weight is 907 g/mol. The van der Waals surface area contributed by atoms with E-state index < -0.39 is 5.41 Å². The highest BCUT2D eigenvalue weighted by molar-refractivity contribution is 5.97. The minimum atomic E-state index is -0.731. The molecule has 0 N–H and O–H groups in total. The van der Waals surface area contributed by atoms with Crippen LogP contribution in [0.15, 0.2) is 255 Å². The summed E-state index contributed by atoms with van der Waals surface area (Å²) in [6.45, 7) is 0. The van der Waals surface area contributed by atoms with Gasteiger partial charge in [-0.05, 0) is 111 Å². The molecular formula is C65H42N6. The molecule has 2 aliphatic rings. The number of rotatable bonds is 7. The molecule has 1 spiro atoms. The number of hydrogen-bond acceptors (Lipinski definition) is 5. The van der Waals surface area contributed by atoms with Crippen LogP contribution in [0.25, 0.3) is 84.5 Å². The second-order valence-electron chi connectivity index (χ2n) is 18.2. The molecule has 0 fully saturated rings. The first kappa shape index (κ1) is 40.5. The van der Waals surface area contributed by atoms with E-state index in [0.717, 1.165) is 78.6 Å². The lowest BCUT2D eigenvalue weighted by molar-refractivity contribution is 0.753. The van der Waals surface area contributed by atoms with Crippen LogP contribution in [0.5, 0.6) is 0 Å². The third-order valence-electron chi connectivity index (χ3n) is 14.2. The van der Waals surface area contributed by atoms with Gasteiger partial charge in [0.2, 0.25) is 0 Å². The van der Waals surface area contributed by atoms with E-state index in [-0.39, 0.29) is 0 Å². The Morgan fingerprint density at radius 3 is 1.37 bits per heavy atom. The van der Waals surface area contributed by atoms with Crippen molar-refractivity contribution in [3.05, 3.63) is 277 Å². The van der Waals surface area contributed by atoms with Crippen molar-refractivity contribution in [2.75, 3.05) is 4.90 Å². The normalized spacial score (nSPS) is 12.9. The Labute approximate surface area is 411 Å². The maximum absolute atomic E-state index is 5.26. The molecule has 10 aromatic carbocycles. The highest BCUT2D eigenvalue weighted by atomic mass is 15.2. The van der Waals surface area contributed by atoms with Gasteiger partial charge in [0, 0.05) is 33.6 Å². The van der Waals surface area contributed by atoms with Crippen LogP contribution in [0.2, 0.25) is 0 Å². The Hall–Kier alpha value is -9.52. The predicted octanol–water partition coefficient (Wildman–Crippen LogP) is 15.7. The smallest absolute Gasteiger partial charge is 0.164 e. The van der Waals surface area contributed by atoms with Crippen molar-refractivity contribution in [2.24, 2.45) is 0 Å². The predicted molar refractivity (Wildman–Crippen MR) is 287 cm³/mol. The first-order valence-corrected chi connectivity index (χ1v) is 24.1. The molecule has 71 heavy (non-hydrogen) atoms. The standard InChI is InChI=1S/C65H42N6/c1-5-20-43(21-6-1)61-67-62(44-22-7-2-8-23-44)69-63(68-61)48-37-39-59-56(42-48)65(53-32-15-13-30-51(53)52-31-14-16-33-54(52)65)55-41-47(36-38-58(55)70(59)49-27-11-4-12-28-49)46-26-19-29-50(40-46)71-60-35-18-17-34-57(60)66-64(71)45-24-9-3-10-25-45/h1-42H. The maximum Gasteiger partial charge on any atom is 0.164 e. The van der Waals surface area contributed by atoms with Crippen molar-refractivity contribution >= 4 is 28.1 Å². The molecule has 0 unspecified atom stereocenters.